The normalized spacial score (nSPS) is 13.0. The molecule has 0 heterocycles. The second kappa shape index (κ2) is 6.10. The van der Waals surface area contributed by atoms with E-state index in [1.54, 1.807) is 0 Å². The lowest BCUT2D eigenvalue weighted by molar-refractivity contribution is 0.0649. The summed E-state index contributed by atoms with van der Waals surface area (Å²) in [7, 11) is 0. The molecule has 2 N–H and O–H groups in total. The highest BCUT2D eigenvalue weighted by Crippen LogP contribution is 2.22. The van der Waals surface area contributed by atoms with E-state index < -0.39 is 5.60 Å². The molecular formula is C18H23NO. The largest absolute Gasteiger partial charge is 0.388 e. The van der Waals surface area contributed by atoms with Gasteiger partial charge in [0.25, 0.3) is 0 Å². The zero-order valence-electron chi connectivity index (χ0n) is 12.4. The Bertz CT molecular complexity index is 543. The van der Waals surface area contributed by atoms with Crippen LogP contribution in [0.1, 0.15) is 31.9 Å². The van der Waals surface area contributed by atoms with Gasteiger partial charge in [-0.2, -0.15) is 0 Å². The van der Waals surface area contributed by atoms with Crippen LogP contribution in [0.3, 0.4) is 0 Å². The van der Waals surface area contributed by atoms with Gasteiger partial charge in [-0.05, 0) is 44.4 Å². The summed E-state index contributed by atoms with van der Waals surface area (Å²) in [5.74, 6) is 0. The molecule has 0 bridgehead atoms. The maximum Gasteiger partial charge on any atom is 0.0789 e. The molecule has 20 heavy (non-hydrogen) atoms. The lowest BCUT2D eigenvalue weighted by atomic mass is 9.98. The summed E-state index contributed by atoms with van der Waals surface area (Å²) in [6.07, 6.45) is 0.891. The molecule has 0 saturated carbocycles. The van der Waals surface area contributed by atoms with E-state index in [0.29, 0.717) is 0 Å². The molecule has 2 nitrogen and oxygen atoms in total. The molecule has 0 aromatic heterocycles. The molecule has 2 aromatic rings. The van der Waals surface area contributed by atoms with Gasteiger partial charge in [0.1, 0.15) is 0 Å². The number of aliphatic hydroxyl groups is 1. The number of nitrogens with one attached hydrogen (secondary N) is 1. The van der Waals surface area contributed by atoms with E-state index in [4.69, 9.17) is 0 Å². The fraction of sp³-hybridized carbons (Fsp3) is 0.333. The first-order chi connectivity index (χ1) is 9.47. The monoisotopic (exact) mass is 269 g/mol. The van der Waals surface area contributed by atoms with Crippen molar-refractivity contribution in [3.05, 3.63) is 65.7 Å². The van der Waals surface area contributed by atoms with Crippen LogP contribution in [-0.2, 0) is 6.42 Å². The Balaban J connectivity index is 2.18. The van der Waals surface area contributed by atoms with E-state index in [2.05, 4.69) is 47.8 Å². The van der Waals surface area contributed by atoms with Gasteiger partial charge in [-0.25, -0.2) is 0 Å². The van der Waals surface area contributed by atoms with Crippen LogP contribution in [0.5, 0.6) is 0 Å². The molecule has 106 valence electrons. The fourth-order valence-electron chi connectivity index (χ4n) is 2.04. The highest BCUT2D eigenvalue weighted by Gasteiger charge is 2.22. The van der Waals surface area contributed by atoms with Crippen LogP contribution in [0.15, 0.2) is 54.6 Å². The number of hydrogen-bond donors (Lipinski definition) is 2. The van der Waals surface area contributed by atoms with Crippen LogP contribution in [-0.4, -0.2) is 16.7 Å². The molecule has 0 aliphatic rings. The topological polar surface area (TPSA) is 32.3 Å². The van der Waals surface area contributed by atoms with Crippen molar-refractivity contribution in [2.45, 2.75) is 38.8 Å². The number of rotatable bonds is 5. The summed E-state index contributed by atoms with van der Waals surface area (Å²) in [4.78, 5) is 0. The zero-order valence-corrected chi connectivity index (χ0v) is 12.4. The summed E-state index contributed by atoms with van der Waals surface area (Å²) in [5, 5.41) is 13.5. The van der Waals surface area contributed by atoms with Gasteiger partial charge in [0.15, 0.2) is 0 Å². The van der Waals surface area contributed by atoms with Gasteiger partial charge in [0.05, 0.1) is 11.6 Å². The van der Waals surface area contributed by atoms with Crippen molar-refractivity contribution in [2.24, 2.45) is 0 Å². The van der Waals surface area contributed by atoms with Crippen molar-refractivity contribution in [3.8, 4) is 0 Å². The highest BCUT2D eigenvalue weighted by molar-refractivity contribution is 5.53. The number of para-hydroxylation sites is 1. The van der Waals surface area contributed by atoms with Gasteiger partial charge in [0.2, 0.25) is 0 Å². The van der Waals surface area contributed by atoms with Crippen molar-refractivity contribution in [2.75, 3.05) is 5.32 Å². The average molecular weight is 269 g/mol. The first-order valence-electron chi connectivity index (χ1n) is 7.07. The fourth-order valence-corrected chi connectivity index (χ4v) is 2.04. The lowest BCUT2D eigenvalue weighted by Crippen LogP contribution is -2.39. The third kappa shape index (κ3) is 3.84. The number of anilines is 1. The Hall–Kier alpha value is -1.80. The Morgan fingerprint density at radius 1 is 1.00 bits per heavy atom. The van der Waals surface area contributed by atoms with Crippen LogP contribution in [0.2, 0.25) is 0 Å². The lowest BCUT2D eigenvalue weighted by Gasteiger charge is -2.28. The Labute approximate surface area is 121 Å². The molecule has 0 amide bonds. The molecule has 2 rings (SSSR count). The van der Waals surface area contributed by atoms with Crippen LogP contribution in [0.25, 0.3) is 0 Å². The highest BCUT2D eigenvalue weighted by atomic mass is 16.3. The SMILES string of the molecule is CC(Nc1ccccc1Cc1ccccc1)C(C)(C)O. The van der Waals surface area contributed by atoms with Gasteiger partial charge in [-0.3, -0.25) is 0 Å². The second-order valence-corrected chi connectivity index (χ2v) is 5.84. The van der Waals surface area contributed by atoms with Crippen molar-refractivity contribution >= 4 is 5.69 Å². The van der Waals surface area contributed by atoms with Crippen LogP contribution in [0.4, 0.5) is 5.69 Å². The standard InChI is InChI=1S/C18H23NO/c1-14(18(2,3)20)19-17-12-8-7-11-16(17)13-15-9-5-4-6-10-15/h4-12,14,19-20H,13H2,1-3H3. The minimum Gasteiger partial charge on any atom is -0.388 e. The number of benzene rings is 2. The van der Waals surface area contributed by atoms with Gasteiger partial charge in [0, 0.05) is 5.69 Å². The maximum absolute atomic E-state index is 10.1. The first-order valence-corrected chi connectivity index (χ1v) is 7.07. The Morgan fingerprint density at radius 3 is 2.25 bits per heavy atom. The molecule has 0 spiro atoms. The average Bonchev–Trinajstić information content (AvgIpc) is 2.41. The minimum absolute atomic E-state index is 0.0144. The van der Waals surface area contributed by atoms with Gasteiger partial charge < -0.3 is 10.4 Å². The molecule has 2 aromatic carbocycles. The van der Waals surface area contributed by atoms with Crippen molar-refractivity contribution < 1.29 is 5.11 Å². The first kappa shape index (κ1) is 14.6. The van der Waals surface area contributed by atoms with Gasteiger partial charge in [-0.15, -0.1) is 0 Å². The third-order valence-electron chi connectivity index (χ3n) is 3.69. The van der Waals surface area contributed by atoms with E-state index in [1.807, 2.05) is 32.9 Å². The van der Waals surface area contributed by atoms with E-state index in [9.17, 15) is 5.11 Å². The summed E-state index contributed by atoms with van der Waals surface area (Å²) in [6, 6.07) is 18.7. The van der Waals surface area contributed by atoms with Crippen molar-refractivity contribution in [3.63, 3.8) is 0 Å². The van der Waals surface area contributed by atoms with Gasteiger partial charge in [-0.1, -0.05) is 48.5 Å². The van der Waals surface area contributed by atoms with Crippen LogP contribution >= 0.6 is 0 Å². The molecule has 2 heteroatoms. The van der Waals surface area contributed by atoms with Crippen molar-refractivity contribution in [1.82, 2.24) is 0 Å². The molecule has 0 radical (unpaired) electrons. The van der Waals surface area contributed by atoms with E-state index in [-0.39, 0.29) is 6.04 Å². The van der Waals surface area contributed by atoms with E-state index in [0.717, 1.165) is 12.1 Å². The molecule has 0 saturated heterocycles. The molecule has 0 aliphatic heterocycles. The molecule has 0 fully saturated rings. The Morgan fingerprint density at radius 2 is 1.60 bits per heavy atom. The van der Waals surface area contributed by atoms with E-state index >= 15 is 0 Å². The Kier molecular flexibility index (Phi) is 4.46. The summed E-state index contributed by atoms with van der Waals surface area (Å²) >= 11 is 0. The zero-order chi connectivity index (χ0) is 14.6. The maximum atomic E-state index is 10.1. The smallest absolute Gasteiger partial charge is 0.0789 e. The second-order valence-electron chi connectivity index (χ2n) is 5.84. The molecular weight excluding hydrogens is 246 g/mol. The summed E-state index contributed by atoms with van der Waals surface area (Å²) < 4.78 is 0. The van der Waals surface area contributed by atoms with Gasteiger partial charge >= 0.3 is 0 Å². The summed E-state index contributed by atoms with van der Waals surface area (Å²) in [5.41, 5.74) is 2.87. The van der Waals surface area contributed by atoms with Crippen LogP contribution in [0, 0.1) is 0 Å². The minimum atomic E-state index is -0.750. The number of hydrogen-bond acceptors (Lipinski definition) is 2. The predicted molar refractivity (Wildman–Crippen MR) is 85.1 cm³/mol. The quantitative estimate of drug-likeness (QED) is 0.864. The predicted octanol–water partition coefficient (Wildman–Crippen LogP) is 3.85. The molecule has 0 aliphatic carbocycles. The molecule has 1 unspecified atom stereocenters. The van der Waals surface area contributed by atoms with Crippen molar-refractivity contribution in [1.29, 1.82) is 0 Å². The molecule has 1 atom stereocenters. The van der Waals surface area contributed by atoms with E-state index in [1.165, 1.54) is 11.1 Å². The van der Waals surface area contributed by atoms with Crippen LogP contribution < -0.4 is 5.32 Å². The summed E-state index contributed by atoms with van der Waals surface area (Å²) in [6.45, 7) is 5.65. The third-order valence-corrected chi connectivity index (χ3v) is 3.69.